The lowest BCUT2D eigenvalue weighted by Crippen LogP contribution is -2.40. The molecular formula is C18H23ClIN3O2S. The SMILES string of the molecule is CN=C(NCCS(=O)(=O)c1ccccc1)N(C)Cc1cccc(Cl)c1.I. The molecular weight excluding hydrogens is 485 g/mol. The van der Waals surface area contributed by atoms with Gasteiger partial charge in [-0.3, -0.25) is 4.99 Å². The minimum atomic E-state index is -3.31. The van der Waals surface area contributed by atoms with Gasteiger partial charge in [0.2, 0.25) is 0 Å². The zero-order valence-corrected chi connectivity index (χ0v) is 18.6. The molecule has 2 aromatic rings. The van der Waals surface area contributed by atoms with Crippen molar-refractivity contribution in [2.45, 2.75) is 11.4 Å². The Balaban J connectivity index is 0.00000338. The van der Waals surface area contributed by atoms with E-state index in [2.05, 4.69) is 10.3 Å². The molecule has 0 bridgehead atoms. The van der Waals surface area contributed by atoms with E-state index >= 15 is 0 Å². The molecule has 2 rings (SSSR count). The molecule has 5 nitrogen and oxygen atoms in total. The molecule has 0 fully saturated rings. The fourth-order valence-electron chi connectivity index (χ4n) is 2.41. The number of guanidine groups is 1. The van der Waals surface area contributed by atoms with Gasteiger partial charge in [0.05, 0.1) is 10.6 Å². The number of hydrogen-bond donors (Lipinski definition) is 1. The second-order valence-corrected chi connectivity index (χ2v) is 8.14. The normalized spacial score (nSPS) is 11.6. The molecule has 2 aromatic carbocycles. The van der Waals surface area contributed by atoms with Crippen LogP contribution in [0.3, 0.4) is 0 Å². The van der Waals surface area contributed by atoms with Gasteiger partial charge in [-0.25, -0.2) is 8.42 Å². The smallest absolute Gasteiger partial charge is 0.193 e. The van der Waals surface area contributed by atoms with Crippen molar-refractivity contribution in [3.63, 3.8) is 0 Å². The average molecular weight is 508 g/mol. The van der Waals surface area contributed by atoms with Crippen molar-refractivity contribution in [1.29, 1.82) is 0 Å². The molecule has 0 atom stereocenters. The van der Waals surface area contributed by atoms with Crippen molar-refractivity contribution >= 4 is 51.4 Å². The molecule has 0 heterocycles. The minimum absolute atomic E-state index is 0. The first-order valence-corrected chi connectivity index (χ1v) is 9.89. The van der Waals surface area contributed by atoms with Crippen molar-refractivity contribution in [2.24, 2.45) is 4.99 Å². The van der Waals surface area contributed by atoms with Crippen LogP contribution >= 0.6 is 35.6 Å². The maximum absolute atomic E-state index is 12.3. The maximum atomic E-state index is 12.3. The standard InChI is InChI=1S/C18H22ClN3O2S.HI/c1-20-18(22(2)14-15-7-6-8-16(19)13-15)21-11-12-25(23,24)17-9-4-3-5-10-17;/h3-10,13H,11-12,14H2,1-2H3,(H,20,21);1H. The topological polar surface area (TPSA) is 61.8 Å². The molecule has 142 valence electrons. The Bertz CT molecular complexity index is 829. The fourth-order valence-corrected chi connectivity index (χ4v) is 3.80. The van der Waals surface area contributed by atoms with Crippen LogP contribution in [-0.2, 0) is 16.4 Å². The van der Waals surface area contributed by atoms with Gasteiger partial charge in [0.25, 0.3) is 0 Å². The highest BCUT2D eigenvalue weighted by Gasteiger charge is 2.14. The molecule has 0 saturated carbocycles. The molecule has 0 aliphatic rings. The number of sulfone groups is 1. The second-order valence-electron chi connectivity index (χ2n) is 5.59. The van der Waals surface area contributed by atoms with Crippen LogP contribution in [0.5, 0.6) is 0 Å². The maximum Gasteiger partial charge on any atom is 0.193 e. The van der Waals surface area contributed by atoms with Crippen LogP contribution in [0, 0.1) is 0 Å². The molecule has 1 N–H and O–H groups in total. The van der Waals surface area contributed by atoms with E-state index in [0.29, 0.717) is 22.4 Å². The van der Waals surface area contributed by atoms with Gasteiger partial charge in [0, 0.05) is 32.2 Å². The van der Waals surface area contributed by atoms with E-state index in [0.717, 1.165) is 5.56 Å². The first-order valence-electron chi connectivity index (χ1n) is 7.86. The highest BCUT2D eigenvalue weighted by atomic mass is 127. The summed E-state index contributed by atoms with van der Waals surface area (Å²) in [5, 5.41) is 3.78. The van der Waals surface area contributed by atoms with Gasteiger partial charge in [-0.15, -0.1) is 24.0 Å². The van der Waals surface area contributed by atoms with Crippen LogP contribution in [-0.4, -0.2) is 45.7 Å². The van der Waals surface area contributed by atoms with Crippen LogP contribution in [0.2, 0.25) is 5.02 Å². The molecule has 26 heavy (non-hydrogen) atoms. The van der Waals surface area contributed by atoms with Crippen LogP contribution in [0.1, 0.15) is 5.56 Å². The zero-order valence-electron chi connectivity index (χ0n) is 14.7. The van der Waals surface area contributed by atoms with Crippen molar-refractivity contribution < 1.29 is 8.42 Å². The third kappa shape index (κ3) is 6.77. The van der Waals surface area contributed by atoms with Gasteiger partial charge in [0.1, 0.15) is 0 Å². The number of hydrogen-bond acceptors (Lipinski definition) is 3. The van der Waals surface area contributed by atoms with Gasteiger partial charge in [0.15, 0.2) is 15.8 Å². The molecule has 0 spiro atoms. The van der Waals surface area contributed by atoms with Gasteiger partial charge < -0.3 is 10.2 Å². The monoisotopic (exact) mass is 507 g/mol. The quantitative estimate of drug-likeness (QED) is 0.370. The summed E-state index contributed by atoms with van der Waals surface area (Å²) in [6.07, 6.45) is 0. The zero-order chi connectivity index (χ0) is 18.3. The van der Waals surface area contributed by atoms with E-state index in [1.54, 1.807) is 37.4 Å². The Kier molecular flexibility index (Phi) is 9.38. The van der Waals surface area contributed by atoms with Gasteiger partial charge >= 0.3 is 0 Å². The molecule has 0 unspecified atom stereocenters. The minimum Gasteiger partial charge on any atom is -0.355 e. The molecule has 0 aromatic heterocycles. The summed E-state index contributed by atoms with van der Waals surface area (Å²) in [4.78, 5) is 6.45. The third-order valence-corrected chi connectivity index (χ3v) is 5.61. The van der Waals surface area contributed by atoms with E-state index < -0.39 is 9.84 Å². The summed E-state index contributed by atoms with van der Waals surface area (Å²) in [7, 11) is 0.252. The molecule has 0 amide bonds. The van der Waals surface area contributed by atoms with Gasteiger partial charge in [-0.05, 0) is 29.8 Å². The Morgan fingerprint density at radius 2 is 1.85 bits per heavy atom. The second kappa shape index (κ2) is 10.7. The van der Waals surface area contributed by atoms with E-state index in [4.69, 9.17) is 11.6 Å². The Morgan fingerprint density at radius 1 is 1.15 bits per heavy atom. The summed E-state index contributed by atoms with van der Waals surface area (Å²) in [5.74, 6) is 0.629. The number of benzene rings is 2. The fraction of sp³-hybridized carbons (Fsp3) is 0.278. The van der Waals surface area contributed by atoms with Crippen LogP contribution < -0.4 is 5.32 Å². The first-order chi connectivity index (χ1) is 11.9. The summed E-state index contributed by atoms with van der Waals surface area (Å²) in [6.45, 7) is 0.898. The molecule has 0 saturated heterocycles. The van der Waals surface area contributed by atoms with Crippen LogP contribution in [0.4, 0.5) is 0 Å². The molecule has 0 radical (unpaired) electrons. The summed E-state index contributed by atoms with van der Waals surface area (Å²) >= 11 is 6.00. The lowest BCUT2D eigenvalue weighted by atomic mass is 10.2. The van der Waals surface area contributed by atoms with Crippen molar-refractivity contribution in [3.8, 4) is 0 Å². The number of halogens is 2. The predicted octanol–water partition coefficient (Wildman–Crippen LogP) is 3.44. The van der Waals surface area contributed by atoms with Crippen LogP contribution in [0.15, 0.2) is 64.5 Å². The third-order valence-electron chi connectivity index (χ3n) is 3.64. The Hall–Kier alpha value is -1.32. The average Bonchev–Trinajstić information content (AvgIpc) is 2.59. The van der Waals surface area contributed by atoms with E-state index in [-0.39, 0.29) is 36.3 Å². The number of aliphatic imine (C=N–C) groups is 1. The predicted molar refractivity (Wildman–Crippen MR) is 118 cm³/mol. The van der Waals surface area contributed by atoms with Gasteiger partial charge in [-0.1, -0.05) is 41.9 Å². The molecule has 0 aliphatic heterocycles. The van der Waals surface area contributed by atoms with Crippen LogP contribution in [0.25, 0.3) is 0 Å². The Labute approximate surface area is 177 Å². The summed E-state index contributed by atoms with van der Waals surface area (Å²) in [5.41, 5.74) is 1.05. The summed E-state index contributed by atoms with van der Waals surface area (Å²) < 4.78 is 24.6. The van der Waals surface area contributed by atoms with E-state index in [1.807, 2.05) is 36.2 Å². The highest BCUT2D eigenvalue weighted by molar-refractivity contribution is 14.0. The number of rotatable bonds is 6. The lowest BCUT2D eigenvalue weighted by molar-refractivity contribution is 0.478. The van der Waals surface area contributed by atoms with Crippen molar-refractivity contribution in [1.82, 2.24) is 10.2 Å². The lowest BCUT2D eigenvalue weighted by Gasteiger charge is -2.22. The molecule has 8 heteroatoms. The van der Waals surface area contributed by atoms with E-state index in [1.165, 1.54) is 0 Å². The van der Waals surface area contributed by atoms with Gasteiger partial charge in [-0.2, -0.15) is 0 Å². The number of nitrogens with one attached hydrogen (secondary N) is 1. The van der Waals surface area contributed by atoms with E-state index in [9.17, 15) is 8.42 Å². The highest BCUT2D eigenvalue weighted by Crippen LogP contribution is 2.12. The Morgan fingerprint density at radius 3 is 2.46 bits per heavy atom. The first kappa shape index (κ1) is 22.7. The summed E-state index contributed by atoms with van der Waals surface area (Å²) in [6, 6.07) is 16.0. The number of nitrogens with zero attached hydrogens (tertiary/aromatic N) is 2. The molecule has 0 aliphatic carbocycles. The largest absolute Gasteiger partial charge is 0.355 e. The van der Waals surface area contributed by atoms with Crippen molar-refractivity contribution in [3.05, 3.63) is 65.2 Å². The van der Waals surface area contributed by atoms with Crippen molar-refractivity contribution in [2.75, 3.05) is 26.4 Å².